The number of nitrogens with zero attached hydrogens (tertiary/aromatic N) is 3. The van der Waals surface area contributed by atoms with Gasteiger partial charge in [-0.05, 0) is 25.1 Å². The Kier molecular flexibility index (Phi) is 4.88. The molecule has 2 N–H and O–H groups in total. The maximum Gasteiger partial charge on any atom is 0.306 e. The SMILES string of the molecule is Cc1ccc(Nc2[nH]c(=O)sc2/C=C2/C=NN=C2c2cccc([N+](=O)[O-])c2)cc1. The van der Waals surface area contributed by atoms with Crippen molar-refractivity contribution in [2.24, 2.45) is 10.2 Å². The highest BCUT2D eigenvalue weighted by Crippen LogP contribution is 2.26. The van der Waals surface area contributed by atoms with E-state index in [1.807, 2.05) is 31.2 Å². The van der Waals surface area contributed by atoms with Gasteiger partial charge in [0.2, 0.25) is 0 Å². The van der Waals surface area contributed by atoms with Crippen LogP contribution < -0.4 is 10.2 Å². The van der Waals surface area contributed by atoms with Gasteiger partial charge in [0.05, 0.1) is 16.0 Å². The number of allylic oxidation sites excluding steroid dienone is 1. The summed E-state index contributed by atoms with van der Waals surface area (Å²) in [6, 6.07) is 14.0. The molecule has 29 heavy (non-hydrogen) atoms. The predicted molar refractivity (Wildman–Crippen MR) is 116 cm³/mol. The maximum atomic E-state index is 12.0. The van der Waals surface area contributed by atoms with E-state index in [0.29, 0.717) is 27.5 Å². The van der Waals surface area contributed by atoms with Crippen LogP contribution in [0.1, 0.15) is 16.0 Å². The maximum absolute atomic E-state index is 12.0. The molecule has 9 heteroatoms. The van der Waals surface area contributed by atoms with E-state index in [1.165, 1.54) is 12.1 Å². The van der Waals surface area contributed by atoms with Crippen molar-refractivity contribution < 1.29 is 4.92 Å². The van der Waals surface area contributed by atoms with Gasteiger partial charge < -0.3 is 5.32 Å². The smallest absolute Gasteiger partial charge is 0.306 e. The summed E-state index contributed by atoms with van der Waals surface area (Å²) in [5, 5.41) is 22.3. The van der Waals surface area contributed by atoms with Crippen LogP contribution in [0.15, 0.2) is 69.1 Å². The Hall–Kier alpha value is -3.85. The number of aromatic amines is 1. The Balaban J connectivity index is 1.67. The number of H-pyrrole nitrogens is 1. The number of nitrogens with one attached hydrogen (secondary N) is 2. The number of anilines is 2. The summed E-state index contributed by atoms with van der Waals surface area (Å²) < 4.78 is 0. The van der Waals surface area contributed by atoms with Crippen molar-refractivity contribution in [3.05, 3.63) is 89.9 Å². The first kappa shape index (κ1) is 18.5. The number of non-ortho nitro benzene ring substituents is 1. The minimum atomic E-state index is -0.454. The van der Waals surface area contributed by atoms with Crippen molar-refractivity contribution in [2.75, 3.05) is 5.32 Å². The molecule has 1 aliphatic heterocycles. The highest BCUT2D eigenvalue weighted by atomic mass is 32.1. The number of hydrogen-bond donors (Lipinski definition) is 2. The molecule has 0 spiro atoms. The quantitative estimate of drug-likeness (QED) is 0.487. The van der Waals surface area contributed by atoms with Crippen molar-refractivity contribution in [1.29, 1.82) is 0 Å². The molecule has 1 aliphatic rings. The van der Waals surface area contributed by atoms with Crippen molar-refractivity contribution in [3.8, 4) is 0 Å². The molecule has 3 aromatic rings. The fourth-order valence-electron chi connectivity index (χ4n) is 2.82. The monoisotopic (exact) mass is 405 g/mol. The zero-order chi connectivity index (χ0) is 20.4. The van der Waals surface area contributed by atoms with Crippen LogP contribution in [0.2, 0.25) is 0 Å². The van der Waals surface area contributed by atoms with Gasteiger partial charge in [-0.1, -0.05) is 41.2 Å². The fourth-order valence-corrected chi connectivity index (χ4v) is 3.56. The van der Waals surface area contributed by atoms with Gasteiger partial charge in [-0.3, -0.25) is 19.9 Å². The first-order chi connectivity index (χ1) is 14.0. The minimum Gasteiger partial charge on any atom is -0.341 e. The summed E-state index contributed by atoms with van der Waals surface area (Å²) in [4.78, 5) is 25.8. The predicted octanol–water partition coefficient (Wildman–Crippen LogP) is 4.27. The summed E-state index contributed by atoms with van der Waals surface area (Å²) in [5.74, 6) is 0.565. The second-order valence-corrected chi connectivity index (χ2v) is 7.36. The van der Waals surface area contributed by atoms with Gasteiger partial charge in [-0.25, -0.2) is 0 Å². The molecule has 0 fully saturated rings. The fraction of sp³-hybridized carbons (Fsp3) is 0.0500. The van der Waals surface area contributed by atoms with Gasteiger partial charge in [0.15, 0.2) is 0 Å². The number of hydrogen-bond acceptors (Lipinski definition) is 7. The third-order valence-corrected chi connectivity index (χ3v) is 5.07. The average molecular weight is 405 g/mol. The lowest BCUT2D eigenvalue weighted by Gasteiger charge is -2.06. The summed E-state index contributed by atoms with van der Waals surface area (Å²) in [6.07, 6.45) is 3.35. The molecule has 0 saturated heterocycles. The highest BCUT2D eigenvalue weighted by molar-refractivity contribution is 7.10. The van der Waals surface area contributed by atoms with Gasteiger partial charge in [-0.2, -0.15) is 5.10 Å². The Morgan fingerprint density at radius 2 is 2.00 bits per heavy atom. The molecule has 0 atom stereocenters. The lowest BCUT2D eigenvalue weighted by molar-refractivity contribution is -0.384. The van der Waals surface area contributed by atoms with Crippen LogP contribution in [0.5, 0.6) is 0 Å². The molecule has 144 valence electrons. The molecule has 0 aliphatic carbocycles. The standard InChI is InChI=1S/C20H15N5O3S/c1-12-5-7-15(8-6-12)22-19-17(29-20(26)23-19)10-14-11-21-24-18(14)13-3-2-4-16(9-13)25(27)28/h2-11,22H,1H3,(H,23,26)/b14-10-. The van der Waals surface area contributed by atoms with Crippen LogP contribution in [0, 0.1) is 17.0 Å². The minimum absolute atomic E-state index is 0.0236. The second-order valence-electron chi connectivity index (χ2n) is 6.35. The number of thiazole rings is 1. The first-order valence-corrected chi connectivity index (χ1v) is 9.46. The molecule has 1 aromatic heterocycles. The molecule has 0 bridgehead atoms. The number of aromatic nitrogens is 1. The molecule has 0 radical (unpaired) electrons. The van der Waals surface area contributed by atoms with E-state index < -0.39 is 4.92 Å². The third-order valence-electron chi connectivity index (χ3n) is 4.24. The van der Waals surface area contributed by atoms with Gasteiger partial charge >= 0.3 is 4.87 Å². The summed E-state index contributed by atoms with van der Waals surface area (Å²) in [6.45, 7) is 2.00. The van der Waals surface area contributed by atoms with Crippen LogP contribution in [-0.4, -0.2) is 21.8 Å². The summed E-state index contributed by atoms with van der Waals surface area (Å²) >= 11 is 1.05. The Labute approximate surface area is 169 Å². The van der Waals surface area contributed by atoms with E-state index in [1.54, 1.807) is 24.4 Å². The second kappa shape index (κ2) is 7.64. The van der Waals surface area contributed by atoms with Gasteiger partial charge in [-0.15, -0.1) is 5.10 Å². The Bertz CT molecular complexity index is 1240. The molecule has 0 unspecified atom stereocenters. The van der Waals surface area contributed by atoms with Gasteiger partial charge in [0.25, 0.3) is 5.69 Å². The van der Waals surface area contributed by atoms with E-state index >= 15 is 0 Å². The number of nitro groups is 1. The number of aryl methyl sites for hydroxylation is 1. The van der Waals surface area contributed by atoms with Crippen molar-refractivity contribution >= 4 is 46.5 Å². The zero-order valence-electron chi connectivity index (χ0n) is 15.2. The zero-order valence-corrected chi connectivity index (χ0v) is 16.1. The van der Waals surface area contributed by atoms with Crippen LogP contribution in [-0.2, 0) is 0 Å². The molecule has 2 aromatic carbocycles. The average Bonchev–Trinajstić information content (AvgIpc) is 3.30. The third kappa shape index (κ3) is 4.04. The van der Waals surface area contributed by atoms with Crippen LogP contribution in [0.4, 0.5) is 17.2 Å². The van der Waals surface area contributed by atoms with Crippen molar-refractivity contribution in [1.82, 2.24) is 4.98 Å². The molecule has 2 heterocycles. The largest absolute Gasteiger partial charge is 0.341 e. The van der Waals surface area contributed by atoms with E-state index in [0.717, 1.165) is 22.6 Å². The molecular weight excluding hydrogens is 390 g/mol. The van der Waals surface area contributed by atoms with Gasteiger partial charge in [0, 0.05) is 29.0 Å². The Morgan fingerprint density at radius 1 is 1.21 bits per heavy atom. The first-order valence-electron chi connectivity index (χ1n) is 8.64. The number of nitro benzene ring substituents is 1. The van der Waals surface area contributed by atoms with E-state index in [9.17, 15) is 14.9 Å². The summed E-state index contributed by atoms with van der Waals surface area (Å²) in [5.41, 5.74) is 3.71. The lowest BCUT2D eigenvalue weighted by Crippen LogP contribution is -2.03. The normalized spacial score (nSPS) is 14.2. The van der Waals surface area contributed by atoms with Crippen LogP contribution in [0.3, 0.4) is 0 Å². The molecule has 0 amide bonds. The highest BCUT2D eigenvalue weighted by Gasteiger charge is 2.18. The van der Waals surface area contributed by atoms with E-state index in [-0.39, 0.29) is 10.6 Å². The van der Waals surface area contributed by atoms with Gasteiger partial charge in [0.1, 0.15) is 11.5 Å². The molecular formula is C20H15N5O3S. The van der Waals surface area contributed by atoms with Crippen molar-refractivity contribution in [2.45, 2.75) is 6.92 Å². The van der Waals surface area contributed by atoms with Crippen LogP contribution >= 0.6 is 11.3 Å². The number of rotatable bonds is 5. The van der Waals surface area contributed by atoms with E-state index in [2.05, 4.69) is 20.5 Å². The molecule has 0 saturated carbocycles. The summed E-state index contributed by atoms with van der Waals surface area (Å²) in [7, 11) is 0. The van der Waals surface area contributed by atoms with Crippen molar-refractivity contribution in [3.63, 3.8) is 0 Å². The topological polar surface area (TPSA) is 113 Å². The number of benzene rings is 2. The van der Waals surface area contributed by atoms with Crippen LogP contribution in [0.25, 0.3) is 6.08 Å². The van der Waals surface area contributed by atoms with E-state index in [4.69, 9.17) is 0 Å². The lowest BCUT2D eigenvalue weighted by atomic mass is 10.0. The molecule has 4 rings (SSSR count). The Morgan fingerprint density at radius 3 is 2.76 bits per heavy atom. The molecule has 8 nitrogen and oxygen atoms in total.